The molecule has 0 saturated carbocycles. The van der Waals surface area contributed by atoms with Crippen molar-refractivity contribution in [3.8, 4) is 0 Å². The molecule has 4 nitrogen and oxygen atoms in total. The lowest BCUT2D eigenvalue weighted by molar-refractivity contribution is -0.119. The molecule has 0 heterocycles. The predicted molar refractivity (Wildman–Crippen MR) is 48.1 cm³/mol. The summed E-state index contributed by atoms with van der Waals surface area (Å²) in [5.41, 5.74) is 0. The minimum Gasteiger partial charge on any atom is -0.490 e. The third-order valence-corrected chi connectivity index (χ3v) is 1.88. The van der Waals surface area contributed by atoms with Crippen molar-refractivity contribution in [1.29, 1.82) is 0 Å². The maximum absolute atomic E-state index is 11.3. The fourth-order valence-electron chi connectivity index (χ4n) is 0.965. The van der Waals surface area contributed by atoms with Gasteiger partial charge in [-0.3, -0.25) is 9.59 Å². The molecule has 13 heavy (non-hydrogen) atoms. The Hall–Kier alpha value is -1.23. The third kappa shape index (κ3) is 1.60. The summed E-state index contributed by atoms with van der Waals surface area (Å²) in [6.45, 7) is 0. The minimum atomic E-state index is -0.442. The molecular formula is C8H8O4S. The second-order valence-corrected chi connectivity index (χ2v) is 2.77. The molecule has 0 saturated heterocycles. The molecule has 0 radical (unpaired) electrons. The zero-order valence-electron chi connectivity index (χ0n) is 7.16. The smallest absolute Gasteiger partial charge is 0.237 e. The van der Waals surface area contributed by atoms with E-state index in [0.29, 0.717) is 0 Å². The van der Waals surface area contributed by atoms with E-state index < -0.39 is 11.6 Å². The fraction of sp³-hybridized carbons (Fsp3) is 0.250. The van der Waals surface area contributed by atoms with Crippen LogP contribution in [0.15, 0.2) is 22.5 Å². The Kier molecular flexibility index (Phi) is 2.77. The van der Waals surface area contributed by atoms with Crippen LogP contribution in [0, 0.1) is 0 Å². The molecule has 0 aromatic heterocycles. The summed E-state index contributed by atoms with van der Waals surface area (Å²) >= 11 is 3.83. The zero-order valence-corrected chi connectivity index (χ0v) is 8.05. The molecule has 0 aromatic carbocycles. The Bertz CT molecular complexity index is 327. The van der Waals surface area contributed by atoms with E-state index in [4.69, 9.17) is 9.47 Å². The molecule has 0 atom stereocenters. The number of methoxy groups -OCH3 is 2. The highest BCUT2D eigenvalue weighted by Crippen LogP contribution is 2.21. The quantitative estimate of drug-likeness (QED) is 0.519. The van der Waals surface area contributed by atoms with Gasteiger partial charge in [0, 0.05) is 6.08 Å². The number of Topliss-reactive ketones (excluding diaryl/α,β-unsaturated/α-hetero) is 1. The van der Waals surface area contributed by atoms with Crippen LogP contribution in [0.25, 0.3) is 0 Å². The van der Waals surface area contributed by atoms with Crippen molar-refractivity contribution in [3.05, 3.63) is 22.5 Å². The van der Waals surface area contributed by atoms with E-state index in [0.717, 1.165) is 6.08 Å². The van der Waals surface area contributed by atoms with Gasteiger partial charge in [0.2, 0.25) is 23.1 Å². The van der Waals surface area contributed by atoms with Gasteiger partial charge in [0.25, 0.3) is 0 Å². The molecule has 1 aliphatic carbocycles. The van der Waals surface area contributed by atoms with E-state index in [9.17, 15) is 9.59 Å². The number of carbonyl (C=O) groups is 2. The molecule has 1 aliphatic rings. The second-order valence-electron chi connectivity index (χ2n) is 2.29. The van der Waals surface area contributed by atoms with Crippen LogP contribution < -0.4 is 0 Å². The van der Waals surface area contributed by atoms with Crippen LogP contribution in [-0.4, -0.2) is 25.8 Å². The Morgan fingerprint density at radius 3 is 2.15 bits per heavy atom. The molecule has 1 rings (SSSR count). The van der Waals surface area contributed by atoms with E-state index >= 15 is 0 Å². The van der Waals surface area contributed by atoms with Gasteiger partial charge in [0.1, 0.15) is 0 Å². The molecular weight excluding hydrogens is 192 g/mol. The van der Waals surface area contributed by atoms with Crippen LogP contribution >= 0.6 is 12.6 Å². The summed E-state index contributed by atoms with van der Waals surface area (Å²) in [5.74, 6) is -1.03. The molecule has 0 spiro atoms. The van der Waals surface area contributed by atoms with Crippen molar-refractivity contribution in [2.75, 3.05) is 14.2 Å². The van der Waals surface area contributed by atoms with E-state index in [1.54, 1.807) is 0 Å². The van der Waals surface area contributed by atoms with Gasteiger partial charge in [-0.05, 0) is 0 Å². The summed E-state index contributed by atoms with van der Waals surface area (Å²) in [6.07, 6.45) is 1.10. The standard InChI is InChI=1S/C8H8O4S/c1-11-7-4(9)3-5(13)6(10)8(7)12-2/h3,13H,1-2H3. The van der Waals surface area contributed by atoms with Gasteiger partial charge in [-0.1, -0.05) is 0 Å². The molecule has 5 heteroatoms. The number of rotatable bonds is 2. The molecule has 0 N–H and O–H groups in total. The predicted octanol–water partition coefficient (Wildman–Crippen LogP) is 0.456. The number of hydrogen-bond donors (Lipinski definition) is 1. The summed E-state index contributed by atoms with van der Waals surface area (Å²) in [4.78, 5) is 22.6. The van der Waals surface area contributed by atoms with Gasteiger partial charge in [0.05, 0.1) is 19.1 Å². The molecule has 0 bridgehead atoms. The van der Waals surface area contributed by atoms with E-state index in [-0.39, 0.29) is 16.4 Å². The highest BCUT2D eigenvalue weighted by Gasteiger charge is 2.28. The lowest BCUT2D eigenvalue weighted by atomic mass is 10.1. The van der Waals surface area contributed by atoms with Crippen molar-refractivity contribution < 1.29 is 19.1 Å². The van der Waals surface area contributed by atoms with Crippen molar-refractivity contribution in [3.63, 3.8) is 0 Å². The Morgan fingerprint density at radius 2 is 1.69 bits per heavy atom. The summed E-state index contributed by atoms with van der Waals surface area (Å²) in [5, 5.41) is 0. The monoisotopic (exact) mass is 200 g/mol. The highest BCUT2D eigenvalue weighted by atomic mass is 32.1. The highest BCUT2D eigenvalue weighted by molar-refractivity contribution is 7.85. The number of ether oxygens (including phenoxy) is 2. The van der Waals surface area contributed by atoms with Gasteiger partial charge in [0.15, 0.2) is 0 Å². The Morgan fingerprint density at radius 1 is 1.15 bits per heavy atom. The average Bonchev–Trinajstić information content (AvgIpc) is 2.10. The molecule has 70 valence electrons. The van der Waals surface area contributed by atoms with Crippen molar-refractivity contribution in [2.45, 2.75) is 0 Å². The third-order valence-electron chi connectivity index (χ3n) is 1.54. The van der Waals surface area contributed by atoms with Crippen LogP contribution in [0.1, 0.15) is 0 Å². The zero-order chi connectivity index (χ0) is 10.0. The van der Waals surface area contributed by atoms with Crippen LogP contribution in [0.3, 0.4) is 0 Å². The van der Waals surface area contributed by atoms with Crippen LogP contribution in [0.5, 0.6) is 0 Å². The van der Waals surface area contributed by atoms with Crippen molar-refractivity contribution in [1.82, 2.24) is 0 Å². The lowest BCUT2D eigenvalue weighted by Crippen LogP contribution is -2.19. The largest absolute Gasteiger partial charge is 0.490 e. The number of allylic oxidation sites excluding steroid dienone is 2. The van der Waals surface area contributed by atoms with Gasteiger partial charge in [-0.15, -0.1) is 12.6 Å². The first-order valence-electron chi connectivity index (χ1n) is 3.43. The van der Waals surface area contributed by atoms with E-state index in [1.165, 1.54) is 14.2 Å². The van der Waals surface area contributed by atoms with Crippen LogP contribution in [0.2, 0.25) is 0 Å². The average molecular weight is 200 g/mol. The maximum Gasteiger partial charge on any atom is 0.237 e. The van der Waals surface area contributed by atoms with Gasteiger partial charge in [-0.25, -0.2) is 0 Å². The number of carbonyl (C=O) groups excluding carboxylic acids is 2. The van der Waals surface area contributed by atoms with Gasteiger partial charge in [-0.2, -0.15) is 0 Å². The van der Waals surface area contributed by atoms with E-state index in [2.05, 4.69) is 12.6 Å². The SMILES string of the molecule is COC1=C(OC)C(=O)C(S)=CC1=O. The topological polar surface area (TPSA) is 52.6 Å². The molecule has 0 aliphatic heterocycles. The second kappa shape index (κ2) is 3.66. The molecule has 0 unspecified atom stereocenters. The van der Waals surface area contributed by atoms with Crippen molar-refractivity contribution >= 4 is 24.2 Å². The Labute approximate surface area is 80.6 Å². The normalized spacial score (nSPS) is 17.3. The molecule has 0 amide bonds. The molecule has 0 aromatic rings. The molecule has 0 fully saturated rings. The number of ketones is 2. The first kappa shape index (κ1) is 9.85. The summed E-state index contributed by atoms with van der Waals surface area (Å²) < 4.78 is 9.47. The maximum atomic E-state index is 11.3. The Balaban J connectivity index is 3.19. The first-order chi connectivity index (χ1) is 6.11. The van der Waals surface area contributed by atoms with Gasteiger partial charge < -0.3 is 9.47 Å². The lowest BCUT2D eigenvalue weighted by Gasteiger charge is -2.13. The minimum absolute atomic E-state index is 0.0580. The van der Waals surface area contributed by atoms with E-state index in [1.807, 2.05) is 0 Å². The van der Waals surface area contributed by atoms with Crippen LogP contribution in [0.4, 0.5) is 0 Å². The summed E-state index contributed by atoms with van der Waals surface area (Å²) in [6, 6.07) is 0. The summed E-state index contributed by atoms with van der Waals surface area (Å²) in [7, 11) is 2.60. The number of thiol groups is 1. The number of hydrogen-bond acceptors (Lipinski definition) is 5. The van der Waals surface area contributed by atoms with Crippen LogP contribution in [-0.2, 0) is 19.1 Å². The van der Waals surface area contributed by atoms with Gasteiger partial charge >= 0.3 is 0 Å². The fourth-order valence-corrected chi connectivity index (χ4v) is 1.18. The van der Waals surface area contributed by atoms with Crippen molar-refractivity contribution in [2.24, 2.45) is 0 Å². The first-order valence-corrected chi connectivity index (χ1v) is 3.88.